The highest BCUT2D eigenvalue weighted by molar-refractivity contribution is 5.91. The van der Waals surface area contributed by atoms with Gasteiger partial charge in [-0.15, -0.1) is 0 Å². The van der Waals surface area contributed by atoms with Crippen LogP contribution in [0.5, 0.6) is 0 Å². The fourth-order valence-electron chi connectivity index (χ4n) is 3.34. The van der Waals surface area contributed by atoms with Gasteiger partial charge in [0.25, 0.3) is 0 Å². The number of imidazole rings is 1. The lowest BCUT2D eigenvalue weighted by molar-refractivity contribution is 0.104. The highest BCUT2D eigenvalue weighted by Crippen LogP contribution is 2.22. The third-order valence-corrected chi connectivity index (χ3v) is 4.56. The predicted molar refractivity (Wildman–Crippen MR) is 96.3 cm³/mol. The molecule has 7 heteroatoms. The lowest BCUT2D eigenvalue weighted by atomic mass is 9.99. The summed E-state index contributed by atoms with van der Waals surface area (Å²) in [5.74, 6) is 0.370. The van der Waals surface area contributed by atoms with Crippen LogP contribution in [0.25, 0.3) is 5.69 Å². The SMILES string of the molecule is COC[C@@H]1CCCN(C(=O)Nc2ccccc2-n2c(C)c[nH]c2=O)C1. The normalized spacial score (nSPS) is 17.5. The first-order valence-electron chi connectivity index (χ1n) is 8.51. The number of carbonyl (C=O) groups excluding carboxylic acids is 1. The van der Waals surface area contributed by atoms with Gasteiger partial charge in [0.05, 0.1) is 18.0 Å². The number of ether oxygens (including phenoxy) is 1. The molecule has 0 radical (unpaired) electrons. The van der Waals surface area contributed by atoms with Crippen molar-refractivity contribution in [2.24, 2.45) is 5.92 Å². The highest BCUT2D eigenvalue weighted by atomic mass is 16.5. The molecule has 0 spiro atoms. The van der Waals surface area contributed by atoms with E-state index in [0.717, 1.165) is 25.1 Å². The van der Waals surface area contributed by atoms with Gasteiger partial charge in [-0.05, 0) is 31.9 Å². The van der Waals surface area contributed by atoms with Crippen LogP contribution < -0.4 is 11.0 Å². The molecule has 0 bridgehead atoms. The van der Waals surface area contributed by atoms with Crippen molar-refractivity contribution in [3.05, 3.63) is 46.6 Å². The Hall–Kier alpha value is -2.54. The number of anilines is 1. The molecule has 7 nitrogen and oxygen atoms in total. The molecule has 3 rings (SSSR count). The number of urea groups is 1. The molecule has 2 amide bonds. The number of likely N-dealkylation sites (tertiary alicyclic amines) is 1. The number of para-hydroxylation sites is 2. The molecule has 1 aromatic carbocycles. The van der Waals surface area contributed by atoms with E-state index < -0.39 is 0 Å². The maximum Gasteiger partial charge on any atom is 0.330 e. The number of nitrogens with zero attached hydrogens (tertiary/aromatic N) is 2. The van der Waals surface area contributed by atoms with E-state index in [1.165, 1.54) is 0 Å². The summed E-state index contributed by atoms with van der Waals surface area (Å²) >= 11 is 0. The lowest BCUT2D eigenvalue weighted by Gasteiger charge is -2.32. The van der Waals surface area contributed by atoms with Gasteiger partial charge < -0.3 is 19.9 Å². The maximum atomic E-state index is 12.7. The molecule has 1 atom stereocenters. The number of aromatic amines is 1. The zero-order chi connectivity index (χ0) is 17.8. The fraction of sp³-hybridized carbons (Fsp3) is 0.444. The molecule has 0 unspecified atom stereocenters. The van der Waals surface area contributed by atoms with E-state index in [-0.39, 0.29) is 11.7 Å². The van der Waals surface area contributed by atoms with Crippen molar-refractivity contribution < 1.29 is 9.53 Å². The number of rotatable bonds is 4. The molecule has 2 N–H and O–H groups in total. The summed E-state index contributed by atoms with van der Waals surface area (Å²) in [6, 6.07) is 7.18. The van der Waals surface area contributed by atoms with Crippen molar-refractivity contribution >= 4 is 11.7 Å². The standard InChI is InChI=1S/C18H24N4O3/c1-13-10-19-17(23)22(13)16-8-4-3-7-15(16)20-18(24)21-9-5-6-14(11-21)12-25-2/h3-4,7-8,10,14H,5-6,9,11-12H2,1-2H3,(H,19,23)(H,20,24)/t14-/m1/s1. The van der Waals surface area contributed by atoms with Crippen molar-refractivity contribution in [3.8, 4) is 5.69 Å². The number of nitrogens with one attached hydrogen (secondary N) is 2. The fourth-order valence-corrected chi connectivity index (χ4v) is 3.34. The van der Waals surface area contributed by atoms with Gasteiger partial charge in [0, 0.05) is 38.0 Å². The van der Waals surface area contributed by atoms with E-state index in [0.29, 0.717) is 30.4 Å². The second-order valence-electron chi connectivity index (χ2n) is 6.43. The average molecular weight is 344 g/mol. The summed E-state index contributed by atoms with van der Waals surface area (Å²) in [7, 11) is 1.69. The first-order chi connectivity index (χ1) is 12.1. The third-order valence-electron chi connectivity index (χ3n) is 4.56. The van der Waals surface area contributed by atoms with E-state index in [4.69, 9.17) is 4.74 Å². The molecule has 1 aromatic heterocycles. The Morgan fingerprint density at radius 2 is 2.20 bits per heavy atom. The van der Waals surface area contributed by atoms with Gasteiger partial charge in [-0.1, -0.05) is 12.1 Å². The largest absolute Gasteiger partial charge is 0.384 e. The second kappa shape index (κ2) is 7.57. The van der Waals surface area contributed by atoms with Gasteiger partial charge in [-0.2, -0.15) is 0 Å². The van der Waals surface area contributed by atoms with Crippen LogP contribution in [-0.2, 0) is 4.74 Å². The van der Waals surface area contributed by atoms with Crippen LogP contribution in [0.3, 0.4) is 0 Å². The zero-order valence-corrected chi connectivity index (χ0v) is 14.6. The van der Waals surface area contributed by atoms with Crippen LogP contribution >= 0.6 is 0 Å². The number of aromatic nitrogens is 2. The van der Waals surface area contributed by atoms with E-state index in [1.807, 2.05) is 36.1 Å². The topological polar surface area (TPSA) is 79.4 Å². The molecule has 2 aromatic rings. The van der Waals surface area contributed by atoms with Gasteiger partial charge in [0.15, 0.2) is 0 Å². The minimum absolute atomic E-state index is 0.144. The third kappa shape index (κ3) is 3.76. The summed E-state index contributed by atoms with van der Waals surface area (Å²) in [6.45, 7) is 3.93. The first-order valence-corrected chi connectivity index (χ1v) is 8.51. The minimum Gasteiger partial charge on any atom is -0.384 e. The summed E-state index contributed by atoms with van der Waals surface area (Å²) < 4.78 is 6.78. The quantitative estimate of drug-likeness (QED) is 0.894. The summed E-state index contributed by atoms with van der Waals surface area (Å²) in [4.78, 5) is 29.2. The molecule has 1 saturated heterocycles. The van der Waals surface area contributed by atoms with Crippen LogP contribution in [-0.4, -0.2) is 47.3 Å². The van der Waals surface area contributed by atoms with E-state index >= 15 is 0 Å². The molecule has 0 saturated carbocycles. The predicted octanol–water partition coefficient (Wildman–Crippen LogP) is 2.36. The Labute approximate surface area is 146 Å². The van der Waals surface area contributed by atoms with Gasteiger partial charge in [-0.3, -0.25) is 4.57 Å². The summed E-state index contributed by atoms with van der Waals surface area (Å²) in [5, 5.41) is 2.96. The Morgan fingerprint density at radius 3 is 2.92 bits per heavy atom. The summed E-state index contributed by atoms with van der Waals surface area (Å²) in [5.41, 5.74) is 1.83. The number of piperidine rings is 1. The van der Waals surface area contributed by atoms with Crippen molar-refractivity contribution in [2.75, 3.05) is 32.1 Å². The average Bonchev–Trinajstić information content (AvgIpc) is 2.94. The molecule has 1 aliphatic rings. The number of benzene rings is 1. The molecule has 0 aliphatic carbocycles. The number of carbonyl (C=O) groups is 1. The molecule has 134 valence electrons. The van der Waals surface area contributed by atoms with Crippen LogP contribution in [0, 0.1) is 12.8 Å². The van der Waals surface area contributed by atoms with Crippen molar-refractivity contribution in [1.82, 2.24) is 14.5 Å². The number of H-pyrrole nitrogens is 1. The van der Waals surface area contributed by atoms with Crippen LogP contribution in [0.15, 0.2) is 35.3 Å². The maximum absolute atomic E-state index is 12.7. The number of hydrogen-bond acceptors (Lipinski definition) is 3. The van der Waals surface area contributed by atoms with Gasteiger partial charge in [0.2, 0.25) is 0 Å². The van der Waals surface area contributed by atoms with E-state index in [2.05, 4.69) is 10.3 Å². The van der Waals surface area contributed by atoms with Crippen molar-refractivity contribution in [1.29, 1.82) is 0 Å². The number of hydrogen-bond donors (Lipinski definition) is 2. The number of amides is 2. The van der Waals surface area contributed by atoms with Gasteiger partial charge in [-0.25, -0.2) is 9.59 Å². The molecular weight excluding hydrogens is 320 g/mol. The lowest BCUT2D eigenvalue weighted by Crippen LogP contribution is -2.43. The van der Waals surface area contributed by atoms with Gasteiger partial charge >= 0.3 is 11.7 Å². The summed E-state index contributed by atoms with van der Waals surface area (Å²) in [6.07, 6.45) is 3.70. The Balaban J connectivity index is 1.80. The zero-order valence-electron chi connectivity index (χ0n) is 14.6. The molecule has 2 heterocycles. The Kier molecular flexibility index (Phi) is 5.23. The molecular formula is C18H24N4O3. The number of aryl methyl sites for hydroxylation is 1. The van der Waals surface area contributed by atoms with Crippen molar-refractivity contribution in [3.63, 3.8) is 0 Å². The minimum atomic E-state index is -0.225. The van der Waals surface area contributed by atoms with Crippen LogP contribution in [0.2, 0.25) is 0 Å². The van der Waals surface area contributed by atoms with Crippen molar-refractivity contribution in [2.45, 2.75) is 19.8 Å². The van der Waals surface area contributed by atoms with Crippen LogP contribution in [0.1, 0.15) is 18.5 Å². The first kappa shape index (κ1) is 17.3. The smallest absolute Gasteiger partial charge is 0.330 e. The van der Waals surface area contributed by atoms with Gasteiger partial charge in [0.1, 0.15) is 0 Å². The molecule has 1 fully saturated rings. The Morgan fingerprint density at radius 1 is 1.40 bits per heavy atom. The van der Waals surface area contributed by atoms with E-state index in [9.17, 15) is 9.59 Å². The second-order valence-corrected chi connectivity index (χ2v) is 6.43. The monoisotopic (exact) mass is 344 g/mol. The molecule has 1 aliphatic heterocycles. The Bertz CT molecular complexity index is 794. The number of methoxy groups -OCH3 is 1. The highest BCUT2D eigenvalue weighted by Gasteiger charge is 2.24. The van der Waals surface area contributed by atoms with E-state index in [1.54, 1.807) is 17.9 Å². The molecule has 25 heavy (non-hydrogen) atoms. The van der Waals surface area contributed by atoms with Crippen LogP contribution in [0.4, 0.5) is 10.5 Å².